The molecule has 0 spiro atoms. The van der Waals surface area contributed by atoms with E-state index in [1.165, 1.54) is 11.9 Å². The Bertz CT molecular complexity index is 867. The number of likely N-dealkylation sites (N-methyl/N-ethyl adjacent to an activating group) is 1. The van der Waals surface area contributed by atoms with E-state index in [0.717, 1.165) is 0 Å². The van der Waals surface area contributed by atoms with Crippen LogP contribution in [-0.2, 0) is 24.0 Å². The summed E-state index contributed by atoms with van der Waals surface area (Å²) in [4.78, 5) is 62.3. The average Bonchev–Trinajstić information content (AvgIpc) is 2.87. The summed E-state index contributed by atoms with van der Waals surface area (Å²) >= 11 is 0. The lowest BCUT2D eigenvalue weighted by Gasteiger charge is -2.30. The highest BCUT2D eigenvalue weighted by atomic mass is 33.1. The van der Waals surface area contributed by atoms with Crippen LogP contribution in [0.4, 0.5) is 0 Å². The maximum absolute atomic E-state index is 12.4. The molecule has 0 radical (unpaired) electrons. The molecule has 41 heavy (non-hydrogen) atoms. The van der Waals surface area contributed by atoms with Crippen molar-refractivity contribution in [3.05, 3.63) is 0 Å². The van der Waals surface area contributed by atoms with Crippen LogP contribution in [0.15, 0.2) is 0 Å². The minimum absolute atomic E-state index is 0.0348. The van der Waals surface area contributed by atoms with E-state index < -0.39 is 11.9 Å². The van der Waals surface area contributed by atoms with Gasteiger partial charge < -0.3 is 31.5 Å². The molecule has 0 saturated heterocycles. The van der Waals surface area contributed by atoms with Crippen LogP contribution in [0.1, 0.15) is 81.6 Å². The number of nitrogens with one attached hydrogen (secondary N) is 5. The zero-order chi connectivity index (χ0) is 31.8. The Balaban J connectivity index is 4.30. The average molecular weight is 619 g/mol. The molecule has 5 N–H and O–H groups in total. The van der Waals surface area contributed by atoms with E-state index in [2.05, 4.69) is 54.3 Å². The molecular weight excluding hydrogens is 564 g/mol. The third-order valence-corrected chi connectivity index (χ3v) is 10.2. The Labute approximate surface area is 255 Å². The maximum atomic E-state index is 12.4. The van der Waals surface area contributed by atoms with E-state index in [-0.39, 0.29) is 58.6 Å². The van der Waals surface area contributed by atoms with Gasteiger partial charge in [-0.15, -0.1) is 0 Å². The Morgan fingerprint density at radius 1 is 0.732 bits per heavy atom. The molecule has 0 unspecified atom stereocenters. The highest BCUT2D eigenvalue weighted by molar-refractivity contribution is 8.77. The van der Waals surface area contributed by atoms with Gasteiger partial charge in [-0.05, 0) is 41.0 Å². The van der Waals surface area contributed by atoms with Crippen molar-refractivity contribution in [2.75, 3.05) is 39.8 Å². The largest absolute Gasteiger partial charge is 0.356 e. The SMILES string of the molecule is CC(C)NCCNC(=O)[C@H](C)NC(=O)CN(C)C(=O)CCNC(=O)CCC(C)(C)SSC(C)(C)CNC(=O)C(C)C. The standard InChI is InChI=1S/C28H54N6O5S2/c1-19(2)25(38)32-18-28(8,9)41-40-27(6,7)13-11-22(35)30-14-12-24(37)34(10)17-23(36)33-21(5)26(39)31-16-15-29-20(3)4/h19-21,29H,11-18H2,1-10H3,(H,30,35)(H,31,39)(H,32,38)(H,33,36)/t21-/m0/s1. The predicted molar refractivity (Wildman–Crippen MR) is 169 cm³/mol. The first kappa shape index (κ1) is 39.0. The van der Waals surface area contributed by atoms with E-state index >= 15 is 0 Å². The summed E-state index contributed by atoms with van der Waals surface area (Å²) < 4.78 is -0.322. The maximum Gasteiger partial charge on any atom is 0.242 e. The lowest BCUT2D eigenvalue weighted by molar-refractivity contribution is -0.135. The fourth-order valence-corrected chi connectivity index (χ4v) is 5.71. The molecule has 0 heterocycles. The number of hydrogen-bond donors (Lipinski definition) is 5. The summed E-state index contributed by atoms with van der Waals surface area (Å²) in [6.07, 6.45) is 1.04. The summed E-state index contributed by atoms with van der Waals surface area (Å²) in [5.41, 5.74) is 0. The number of hydrogen-bond acceptors (Lipinski definition) is 8. The van der Waals surface area contributed by atoms with Crippen molar-refractivity contribution in [2.24, 2.45) is 5.92 Å². The van der Waals surface area contributed by atoms with Crippen molar-refractivity contribution in [3.8, 4) is 0 Å². The molecule has 0 aliphatic heterocycles. The second-order valence-corrected chi connectivity index (χ2v) is 15.6. The molecule has 13 heteroatoms. The van der Waals surface area contributed by atoms with Crippen LogP contribution < -0.4 is 26.6 Å². The Morgan fingerprint density at radius 3 is 1.93 bits per heavy atom. The summed E-state index contributed by atoms with van der Waals surface area (Å²) in [7, 11) is 4.90. The third-order valence-electron chi connectivity index (χ3n) is 5.87. The molecule has 238 valence electrons. The number of nitrogens with zero attached hydrogens (tertiary/aromatic N) is 1. The zero-order valence-electron chi connectivity index (χ0n) is 26.7. The van der Waals surface area contributed by atoms with Gasteiger partial charge in [0.1, 0.15) is 6.04 Å². The first-order valence-corrected chi connectivity index (χ1v) is 16.5. The quantitative estimate of drug-likeness (QED) is 0.103. The highest BCUT2D eigenvalue weighted by Gasteiger charge is 2.27. The number of amides is 5. The molecule has 0 saturated carbocycles. The first-order chi connectivity index (χ1) is 18.8. The van der Waals surface area contributed by atoms with E-state index in [1.807, 2.05) is 27.7 Å². The van der Waals surface area contributed by atoms with Gasteiger partial charge in [0.2, 0.25) is 29.5 Å². The van der Waals surface area contributed by atoms with Crippen molar-refractivity contribution in [1.82, 2.24) is 31.5 Å². The molecule has 1 atom stereocenters. The fraction of sp³-hybridized carbons (Fsp3) is 0.821. The van der Waals surface area contributed by atoms with Gasteiger partial charge in [-0.25, -0.2) is 0 Å². The van der Waals surface area contributed by atoms with E-state index in [9.17, 15) is 24.0 Å². The molecule has 0 bridgehead atoms. The first-order valence-electron chi connectivity index (χ1n) is 14.3. The second-order valence-electron chi connectivity index (χ2n) is 12.1. The van der Waals surface area contributed by atoms with Gasteiger partial charge in [0, 0.05) is 67.5 Å². The van der Waals surface area contributed by atoms with Crippen LogP contribution in [0, 0.1) is 5.92 Å². The van der Waals surface area contributed by atoms with Crippen LogP contribution in [0.2, 0.25) is 0 Å². The number of rotatable bonds is 20. The minimum Gasteiger partial charge on any atom is -0.356 e. The Morgan fingerprint density at radius 2 is 1.34 bits per heavy atom. The van der Waals surface area contributed by atoms with Crippen molar-refractivity contribution in [3.63, 3.8) is 0 Å². The summed E-state index contributed by atoms with van der Waals surface area (Å²) in [5.74, 6) is -1.16. The minimum atomic E-state index is -0.720. The molecule has 0 rings (SSSR count). The zero-order valence-corrected chi connectivity index (χ0v) is 28.3. The summed E-state index contributed by atoms with van der Waals surface area (Å²) in [6.45, 7) is 19.3. The summed E-state index contributed by atoms with van der Waals surface area (Å²) in [6, 6.07) is -0.400. The number of carbonyl (C=O) groups is 5. The lowest BCUT2D eigenvalue weighted by Crippen LogP contribution is -2.49. The molecule has 5 amide bonds. The van der Waals surface area contributed by atoms with Gasteiger partial charge in [-0.2, -0.15) is 0 Å². The van der Waals surface area contributed by atoms with Crippen LogP contribution in [0.3, 0.4) is 0 Å². The van der Waals surface area contributed by atoms with Crippen molar-refractivity contribution >= 4 is 51.1 Å². The topological polar surface area (TPSA) is 149 Å². The van der Waals surface area contributed by atoms with Crippen LogP contribution >= 0.6 is 21.6 Å². The monoisotopic (exact) mass is 618 g/mol. The van der Waals surface area contributed by atoms with Crippen molar-refractivity contribution < 1.29 is 24.0 Å². The predicted octanol–water partition coefficient (Wildman–Crippen LogP) is 2.06. The van der Waals surface area contributed by atoms with Gasteiger partial charge >= 0.3 is 0 Å². The van der Waals surface area contributed by atoms with Gasteiger partial charge in [-0.3, -0.25) is 24.0 Å². The van der Waals surface area contributed by atoms with Crippen molar-refractivity contribution in [1.29, 1.82) is 0 Å². The van der Waals surface area contributed by atoms with E-state index in [4.69, 9.17) is 0 Å². The van der Waals surface area contributed by atoms with E-state index in [0.29, 0.717) is 38.5 Å². The fourth-order valence-electron chi connectivity index (χ4n) is 3.16. The normalized spacial score (nSPS) is 12.6. The molecule has 0 aromatic rings. The van der Waals surface area contributed by atoms with Crippen molar-refractivity contribution in [2.45, 2.75) is 103 Å². The van der Waals surface area contributed by atoms with Gasteiger partial charge in [0.05, 0.1) is 6.54 Å². The molecular formula is C28H54N6O5S2. The molecule has 0 aliphatic rings. The smallest absolute Gasteiger partial charge is 0.242 e. The molecule has 0 fully saturated rings. The number of carbonyl (C=O) groups excluding carboxylic acids is 5. The van der Waals surface area contributed by atoms with Crippen LogP contribution in [-0.4, -0.2) is 95.8 Å². The van der Waals surface area contributed by atoms with Crippen LogP contribution in [0.25, 0.3) is 0 Å². The van der Waals surface area contributed by atoms with E-state index in [1.54, 1.807) is 28.5 Å². The summed E-state index contributed by atoms with van der Waals surface area (Å²) in [5, 5.41) is 14.3. The van der Waals surface area contributed by atoms with Crippen LogP contribution in [0.5, 0.6) is 0 Å². The van der Waals surface area contributed by atoms with Gasteiger partial charge in [-0.1, -0.05) is 49.3 Å². The second kappa shape index (κ2) is 19.2. The Kier molecular flexibility index (Phi) is 18.3. The lowest BCUT2D eigenvalue weighted by atomic mass is 10.1. The molecule has 0 aromatic carbocycles. The third kappa shape index (κ3) is 19.7. The molecule has 11 nitrogen and oxygen atoms in total. The Hall–Kier alpha value is -1.99. The highest BCUT2D eigenvalue weighted by Crippen LogP contribution is 2.45. The molecule has 0 aromatic heterocycles. The van der Waals surface area contributed by atoms with Gasteiger partial charge in [0.25, 0.3) is 0 Å². The molecule has 0 aliphatic carbocycles. The van der Waals surface area contributed by atoms with Gasteiger partial charge in [0.15, 0.2) is 0 Å².